The summed E-state index contributed by atoms with van der Waals surface area (Å²) in [5.41, 5.74) is 3.20. The van der Waals surface area contributed by atoms with Gasteiger partial charge in [0.05, 0.1) is 10.9 Å². The summed E-state index contributed by atoms with van der Waals surface area (Å²) in [4.78, 5) is 45.4. The predicted molar refractivity (Wildman–Crippen MR) is 197 cm³/mol. The second kappa shape index (κ2) is 15.5. The molecule has 1 unspecified atom stereocenters. The lowest BCUT2D eigenvalue weighted by atomic mass is 10.0. The van der Waals surface area contributed by atoms with E-state index in [1.165, 1.54) is 35.2 Å². The molecule has 0 spiro atoms. The molecule has 3 amide bonds. The number of rotatable bonds is 11. The SMILES string of the molecule is CCC(Sc1cccc(NC(=O)/C(=C\c2cccc3ccccc23)NC(=O)c2ccccc2)c1)C(=O)Nc1nc(-c2ccc(F)cc2)cs1. The number of benzene rings is 5. The summed E-state index contributed by atoms with van der Waals surface area (Å²) >= 11 is 2.67. The molecule has 0 bridgehead atoms. The minimum atomic E-state index is -0.495. The van der Waals surface area contributed by atoms with E-state index in [9.17, 15) is 18.8 Å². The fourth-order valence-electron chi connectivity index (χ4n) is 5.08. The van der Waals surface area contributed by atoms with E-state index in [1.807, 2.05) is 66.9 Å². The third kappa shape index (κ3) is 8.48. The van der Waals surface area contributed by atoms with E-state index in [0.29, 0.717) is 28.5 Å². The van der Waals surface area contributed by atoms with Gasteiger partial charge in [0, 0.05) is 27.1 Å². The fourth-order valence-corrected chi connectivity index (χ4v) is 6.81. The topological polar surface area (TPSA) is 100 Å². The number of thioether (sulfide) groups is 1. The highest BCUT2D eigenvalue weighted by molar-refractivity contribution is 8.00. The zero-order chi connectivity index (χ0) is 34.2. The third-order valence-corrected chi connectivity index (χ3v) is 9.68. The zero-order valence-electron chi connectivity index (χ0n) is 26.4. The largest absolute Gasteiger partial charge is 0.321 e. The summed E-state index contributed by atoms with van der Waals surface area (Å²) in [7, 11) is 0. The van der Waals surface area contributed by atoms with Gasteiger partial charge in [-0.2, -0.15) is 0 Å². The lowest BCUT2D eigenvalue weighted by Gasteiger charge is -2.15. The standard InChI is InChI=1S/C39H31FN4O3S2/c1-2-35(38(47)44-39-43-34(24-48-39)26-18-20-29(40)21-19-26)49-31-16-9-15-30(23-31)41-37(46)33(42-36(45)27-11-4-3-5-12-27)22-28-14-8-13-25-10-6-7-17-32(25)28/h3-24,35H,2H2,1H3,(H,41,46)(H,42,45)(H,43,44,47)/b33-22+. The molecule has 0 fully saturated rings. The van der Waals surface area contributed by atoms with Crippen LogP contribution >= 0.6 is 23.1 Å². The Balaban J connectivity index is 1.18. The van der Waals surface area contributed by atoms with E-state index in [1.54, 1.807) is 60.7 Å². The number of hydrogen-bond acceptors (Lipinski definition) is 6. The van der Waals surface area contributed by atoms with Crippen LogP contribution in [0.5, 0.6) is 0 Å². The predicted octanol–water partition coefficient (Wildman–Crippen LogP) is 9.02. The second-order valence-corrected chi connectivity index (χ2v) is 13.1. The number of halogens is 1. The summed E-state index contributed by atoms with van der Waals surface area (Å²) in [6.07, 6.45) is 2.22. The highest BCUT2D eigenvalue weighted by atomic mass is 32.2. The van der Waals surface area contributed by atoms with Crippen LogP contribution in [0.25, 0.3) is 28.1 Å². The molecule has 7 nitrogen and oxygen atoms in total. The van der Waals surface area contributed by atoms with Gasteiger partial charge in [-0.1, -0.05) is 73.7 Å². The zero-order valence-corrected chi connectivity index (χ0v) is 28.0. The minimum Gasteiger partial charge on any atom is -0.321 e. The molecule has 1 atom stereocenters. The molecule has 1 aromatic heterocycles. The quantitative estimate of drug-likeness (QED) is 0.0933. The maximum atomic E-state index is 13.8. The number of thiazole rings is 1. The van der Waals surface area contributed by atoms with Gasteiger partial charge in [-0.25, -0.2) is 9.37 Å². The molecule has 6 aromatic rings. The highest BCUT2D eigenvalue weighted by Crippen LogP contribution is 2.30. The molecule has 3 N–H and O–H groups in total. The van der Waals surface area contributed by atoms with Crippen LogP contribution in [-0.4, -0.2) is 28.0 Å². The fraction of sp³-hybridized carbons (Fsp3) is 0.0769. The molecule has 5 aromatic carbocycles. The Morgan fingerprint density at radius 3 is 2.39 bits per heavy atom. The lowest BCUT2D eigenvalue weighted by Crippen LogP contribution is -2.30. The second-order valence-electron chi connectivity index (χ2n) is 11.0. The van der Waals surface area contributed by atoms with Crippen molar-refractivity contribution in [1.82, 2.24) is 10.3 Å². The van der Waals surface area contributed by atoms with Crippen molar-refractivity contribution in [2.75, 3.05) is 10.6 Å². The Kier molecular flexibility index (Phi) is 10.6. The van der Waals surface area contributed by atoms with Gasteiger partial charge in [0.25, 0.3) is 11.8 Å². The molecule has 244 valence electrons. The third-order valence-electron chi connectivity index (χ3n) is 7.56. The van der Waals surface area contributed by atoms with Gasteiger partial charge in [-0.3, -0.25) is 14.4 Å². The van der Waals surface area contributed by atoms with Crippen molar-refractivity contribution >= 4 is 68.5 Å². The highest BCUT2D eigenvalue weighted by Gasteiger charge is 2.21. The summed E-state index contributed by atoms with van der Waals surface area (Å²) in [5, 5.41) is 12.4. The number of carbonyl (C=O) groups is 3. The summed E-state index contributed by atoms with van der Waals surface area (Å²) in [6.45, 7) is 1.93. The van der Waals surface area contributed by atoms with Crippen LogP contribution in [0.15, 0.2) is 137 Å². The summed E-state index contributed by atoms with van der Waals surface area (Å²) in [6, 6.07) is 35.6. The van der Waals surface area contributed by atoms with Gasteiger partial charge in [0.1, 0.15) is 11.5 Å². The summed E-state index contributed by atoms with van der Waals surface area (Å²) in [5.74, 6) is -1.43. The number of fused-ring (bicyclic) bond motifs is 1. The Bertz CT molecular complexity index is 2140. The normalized spacial score (nSPS) is 11.9. The van der Waals surface area contributed by atoms with Crippen LogP contribution in [-0.2, 0) is 9.59 Å². The van der Waals surface area contributed by atoms with Crippen molar-refractivity contribution in [1.29, 1.82) is 0 Å². The smallest absolute Gasteiger partial charge is 0.272 e. The molecule has 1 heterocycles. The first-order chi connectivity index (χ1) is 23.9. The first-order valence-corrected chi connectivity index (χ1v) is 17.3. The Hall–Kier alpha value is -5.58. The molecule has 0 aliphatic heterocycles. The van der Waals surface area contributed by atoms with Crippen LogP contribution in [0.2, 0.25) is 0 Å². The molecule has 0 aliphatic rings. The van der Waals surface area contributed by atoms with Crippen molar-refractivity contribution in [3.05, 3.63) is 149 Å². The molecule has 0 saturated heterocycles. The van der Waals surface area contributed by atoms with Gasteiger partial charge in [-0.15, -0.1) is 23.1 Å². The number of nitrogens with zero attached hydrogens (tertiary/aromatic N) is 1. The van der Waals surface area contributed by atoms with Crippen molar-refractivity contribution in [3.8, 4) is 11.3 Å². The number of aromatic nitrogens is 1. The van der Waals surface area contributed by atoms with Gasteiger partial charge in [-0.05, 0) is 83.4 Å². The van der Waals surface area contributed by atoms with Crippen molar-refractivity contribution < 1.29 is 18.8 Å². The molecule has 10 heteroatoms. The van der Waals surface area contributed by atoms with Crippen molar-refractivity contribution in [3.63, 3.8) is 0 Å². The number of amides is 3. The number of hydrogen-bond donors (Lipinski definition) is 3. The Morgan fingerprint density at radius 1 is 0.857 bits per heavy atom. The maximum absolute atomic E-state index is 13.8. The van der Waals surface area contributed by atoms with E-state index in [4.69, 9.17) is 0 Å². The first-order valence-electron chi connectivity index (χ1n) is 15.5. The molecule has 6 rings (SSSR count). The van der Waals surface area contributed by atoms with Gasteiger partial charge < -0.3 is 16.0 Å². The first kappa shape index (κ1) is 33.3. The van der Waals surface area contributed by atoms with Gasteiger partial charge in [0.2, 0.25) is 5.91 Å². The van der Waals surface area contributed by atoms with Gasteiger partial charge in [0.15, 0.2) is 5.13 Å². The molecule has 0 aliphatic carbocycles. The van der Waals surface area contributed by atoms with E-state index in [-0.39, 0.29) is 17.4 Å². The van der Waals surface area contributed by atoms with Gasteiger partial charge >= 0.3 is 0 Å². The van der Waals surface area contributed by atoms with E-state index >= 15 is 0 Å². The summed E-state index contributed by atoms with van der Waals surface area (Å²) < 4.78 is 13.3. The number of anilines is 2. The van der Waals surface area contributed by atoms with Crippen LogP contribution in [0.4, 0.5) is 15.2 Å². The van der Waals surface area contributed by atoms with Crippen molar-refractivity contribution in [2.45, 2.75) is 23.5 Å². The lowest BCUT2D eigenvalue weighted by molar-refractivity contribution is -0.116. The van der Waals surface area contributed by atoms with E-state index in [0.717, 1.165) is 26.8 Å². The van der Waals surface area contributed by atoms with E-state index < -0.39 is 17.1 Å². The average molecular weight is 687 g/mol. The van der Waals surface area contributed by atoms with Crippen LogP contribution < -0.4 is 16.0 Å². The number of carbonyl (C=O) groups excluding carboxylic acids is 3. The van der Waals surface area contributed by atoms with E-state index in [2.05, 4.69) is 20.9 Å². The maximum Gasteiger partial charge on any atom is 0.272 e. The molecular formula is C39H31FN4O3S2. The van der Waals surface area contributed by atoms with Crippen LogP contribution in [0.1, 0.15) is 29.3 Å². The van der Waals surface area contributed by atoms with Crippen LogP contribution in [0.3, 0.4) is 0 Å². The Morgan fingerprint density at radius 2 is 1.59 bits per heavy atom. The number of nitrogens with one attached hydrogen (secondary N) is 3. The average Bonchev–Trinajstić information content (AvgIpc) is 3.59. The molecular weight excluding hydrogens is 656 g/mol. The Labute approximate surface area is 291 Å². The minimum absolute atomic E-state index is 0.0810. The molecule has 0 saturated carbocycles. The van der Waals surface area contributed by atoms with Crippen molar-refractivity contribution in [2.24, 2.45) is 0 Å². The molecule has 49 heavy (non-hydrogen) atoms. The monoisotopic (exact) mass is 686 g/mol. The van der Waals surface area contributed by atoms with Crippen LogP contribution in [0, 0.1) is 5.82 Å². The molecule has 0 radical (unpaired) electrons.